The second-order valence-corrected chi connectivity index (χ2v) is 7.26. The first-order chi connectivity index (χ1) is 12.0. The van der Waals surface area contributed by atoms with Crippen LogP contribution in [0.15, 0.2) is 24.3 Å². The van der Waals surface area contributed by atoms with E-state index >= 15 is 0 Å². The van der Waals surface area contributed by atoms with Crippen molar-refractivity contribution >= 4 is 11.9 Å². The first-order valence-corrected chi connectivity index (χ1v) is 8.98. The van der Waals surface area contributed by atoms with Crippen molar-refractivity contribution in [3.63, 3.8) is 0 Å². The Hall–Kier alpha value is -1.95. The van der Waals surface area contributed by atoms with Gasteiger partial charge in [0.05, 0.1) is 12.5 Å². The Bertz CT molecular complexity index is 616. The summed E-state index contributed by atoms with van der Waals surface area (Å²) in [7, 11) is 0. The zero-order chi connectivity index (χ0) is 17.8. The largest absolute Gasteiger partial charge is 0.481 e. The fourth-order valence-electron chi connectivity index (χ4n) is 3.37. The van der Waals surface area contributed by atoms with Crippen molar-refractivity contribution in [3.8, 4) is 0 Å². The van der Waals surface area contributed by atoms with Crippen LogP contribution in [0.2, 0.25) is 0 Å². The average Bonchev–Trinajstić information content (AvgIpc) is 3.40. The molecule has 25 heavy (non-hydrogen) atoms. The number of amides is 1. The highest BCUT2D eigenvalue weighted by Crippen LogP contribution is 2.30. The third-order valence-electron chi connectivity index (χ3n) is 5.03. The molecular weight excluding hydrogens is 323 g/mol. The van der Waals surface area contributed by atoms with Crippen LogP contribution in [-0.4, -0.2) is 53.0 Å². The Kier molecular flexibility index (Phi) is 5.68. The number of nitrogens with zero attached hydrogens (tertiary/aromatic N) is 2. The van der Waals surface area contributed by atoms with E-state index in [2.05, 4.69) is 0 Å². The first kappa shape index (κ1) is 17.9. The van der Waals surface area contributed by atoms with Gasteiger partial charge in [-0.15, -0.1) is 0 Å². The van der Waals surface area contributed by atoms with E-state index in [-0.39, 0.29) is 24.2 Å². The maximum atomic E-state index is 13.1. The molecule has 1 aliphatic carbocycles. The number of carboxylic acid groups (broad SMARTS) is 1. The predicted octanol–water partition coefficient (Wildman–Crippen LogP) is 2.36. The Balaban J connectivity index is 1.60. The molecule has 1 N–H and O–H groups in total. The van der Waals surface area contributed by atoms with Gasteiger partial charge in [0.1, 0.15) is 5.82 Å². The summed E-state index contributed by atoms with van der Waals surface area (Å²) < 4.78 is 13.1. The summed E-state index contributed by atoms with van der Waals surface area (Å²) in [6.07, 6.45) is 3.79. The molecule has 5 nitrogen and oxygen atoms in total. The summed E-state index contributed by atoms with van der Waals surface area (Å²) in [6, 6.07) is 6.25. The molecule has 6 heteroatoms. The van der Waals surface area contributed by atoms with Crippen molar-refractivity contribution in [2.24, 2.45) is 11.8 Å². The minimum Gasteiger partial charge on any atom is -0.481 e. The number of carbonyl (C=O) groups is 2. The van der Waals surface area contributed by atoms with Crippen LogP contribution in [-0.2, 0) is 16.1 Å². The SMILES string of the molecule is O=C(O)C1CCCN(CC(=O)N(Cc2ccc(F)cc2)CC2CC2)C1. The fourth-order valence-corrected chi connectivity index (χ4v) is 3.37. The molecule has 1 atom stereocenters. The zero-order valence-corrected chi connectivity index (χ0v) is 14.4. The highest BCUT2D eigenvalue weighted by Gasteiger charge is 2.30. The first-order valence-electron chi connectivity index (χ1n) is 8.98. The Morgan fingerprint density at radius 2 is 1.92 bits per heavy atom. The molecule has 2 fully saturated rings. The third-order valence-corrected chi connectivity index (χ3v) is 5.03. The summed E-state index contributed by atoms with van der Waals surface area (Å²) >= 11 is 0. The molecule has 1 amide bonds. The van der Waals surface area contributed by atoms with Gasteiger partial charge in [-0.2, -0.15) is 0 Å². The summed E-state index contributed by atoms with van der Waals surface area (Å²) in [5, 5.41) is 9.19. The molecule has 0 spiro atoms. The molecule has 0 radical (unpaired) electrons. The van der Waals surface area contributed by atoms with Crippen molar-refractivity contribution in [1.29, 1.82) is 0 Å². The Labute approximate surface area is 147 Å². The summed E-state index contributed by atoms with van der Waals surface area (Å²) in [4.78, 5) is 27.8. The quantitative estimate of drug-likeness (QED) is 0.822. The highest BCUT2D eigenvalue weighted by atomic mass is 19.1. The van der Waals surface area contributed by atoms with Crippen molar-refractivity contribution in [1.82, 2.24) is 9.80 Å². The van der Waals surface area contributed by atoms with Crippen LogP contribution in [0, 0.1) is 17.7 Å². The molecule has 0 aromatic heterocycles. The molecule has 1 aliphatic heterocycles. The zero-order valence-electron chi connectivity index (χ0n) is 14.4. The number of hydrogen-bond acceptors (Lipinski definition) is 3. The van der Waals surface area contributed by atoms with Crippen LogP contribution in [0.4, 0.5) is 4.39 Å². The van der Waals surface area contributed by atoms with Gasteiger partial charge < -0.3 is 10.0 Å². The maximum absolute atomic E-state index is 13.1. The molecule has 0 bridgehead atoms. The maximum Gasteiger partial charge on any atom is 0.307 e. The van der Waals surface area contributed by atoms with Gasteiger partial charge in [-0.05, 0) is 55.8 Å². The molecule has 1 aromatic carbocycles. The lowest BCUT2D eigenvalue weighted by atomic mass is 9.98. The second kappa shape index (κ2) is 7.95. The molecular formula is C19H25FN2O3. The van der Waals surface area contributed by atoms with Crippen LogP contribution < -0.4 is 0 Å². The lowest BCUT2D eigenvalue weighted by Crippen LogP contribution is -2.45. The van der Waals surface area contributed by atoms with Gasteiger partial charge >= 0.3 is 5.97 Å². The van der Waals surface area contributed by atoms with E-state index in [9.17, 15) is 19.1 Å². The van der Waals surface area contributed by atoms with E-state index in [1.807, 2.05) is 9.80 Å². The molecule has 1 saturated carbocycles. The average molecular weight is 348 g/mol. The van der Waals surface area contributed by atoms with Gasteiger partial charge in [-0.3, -0.25) is 14.5 Å². The number of hydrogen-bond donors (Lipinski definition) is 1. The van der Waals surface area contributed by atoms with Gasteiger partial charge in [0.25, 0.3) is 0 Å². The summed E-state index contributed by atoms with van der Waals surface area (Å²) in [6.45, 7) is 2.67. The highest BCUT2D eigenvalue weighted by molar-refractivity contribution is 5.78. The fraction of sp³-hybridized carbons (Fsp3) is 0.579. The molecule has 1 heterocycles. The van der Waals surface area contributed by atoms with Gasteiger partial charge in [-0.25, -0.2) is 4.39 Å². The third kappa shape index (κ3) is 5.26. The normalized spacial score (nSPS) is 21.1. The topological polar surface area (TPSA) is 60.9 Å². The monoisotopic (exact) mass is 348 g/mol. The van der Waals surface area contributed by atoms with Crippen LogP contribution >= 0.6 is 0 Å². The van der Waals surface area contributed by atoms with E-state index in [0.717, 1.165) is 37.9 Å². The molecule has 3 rings (SSSR count). The van der Waals surface area contributed by atoms with Gasteiger partial charge in [-0.1, -0.05) is 12.1 Å². The van der Waals surface area contributed by atoms with Crippen LogP contribution in [0.1, 0.15) is 31.2 Å². The van der Waals surface area contributed by atoms with E-state index in [1.54, 1.807) is 12.1 Å². The Morgan fingerprint density at radius 3 is 2.56 bits per heavy atom. The number of rotatable bonds is 7. The smallest absolute Gasteiger partial charge is 0.307 e. The van der Waals surface area contributed by atoms with E-state index in [4.69, 9.17) is 0 Å². The van der Waals surface area contributed by atoms with E-state index in [0.29, 0.717) is 25.4 Å². The van der Waals surface area contributed by atoms with Crippen molar-refractivity contribution in [3.05, 3.63) is 35.6 Å². The van der Waals surface area contributed by atoms with E-state index < -0.39 is 5.97 Å². The number of halogens is 1. The molecule has 1 saturated heterocycles. The number of benzene rings is 1. The number of piperidine rings is 1. The van der Waals surface area contributed by atoms with Crippen molar-refractivity contribution in [2.45, 2.75) is 32.2 Å². The van der Waals surface area contributed by atoms with Crippen molar-refractivity contribution < 1.29 is 19.1 Å². The molecule has 1 aromatic rings. The van der Waals surface area contributed by atoms with E-state index in [1.165, 1.54) is 12.1 Å². The van der Waals surface area contributed by atoms with Gasteiger partial charge in [0, 0.05) is 19.6 Å². The van der Waals surface area contributed by atoms with Crippen LogP contribution in [0.3, 0.4) is 0 Å². The molecule has 136 valence electrons. The second-order valence-electron chi connectivity index (χ2n) is 7.26. The van der Waals surface area contributed by atoms with Gasteiger partial charge in [0.2, 0.25) is 5.91 Å². The lowest BCUT2D eigenvalue weighted by molar-refractivity contribution is -0.145. The number of carbonyl (C=O) groups excluding carboxylic acids is 1. The van der Waals surface area contributed by atoms with Crippen LogP contribution in [0.25, 0.3) is 0 Å². The standard InChI is InChI=1S/C19H25FN2O3/c20-17-7-5-15(6-8-17)11-22(10-14-3-4-14)18(23)13-21-9-1-2-16(12-21)19(24)25/h5-8,14,16H,1-4,9-13H2,(H,24,25). The number of carboxylic acids is 1. The predicted molar refractivity (Wildman–Crippen MR) is 91.3 cm³/mol. The van der Waals surface area contributed by atoms with Crippen LogP contribution in [0.5, 0.6) is 0 Å². The summed E-state index contributed by atoms with van der Waals surface area (Å²) in [5.41, 5.74) is 0.914. The Morgan fingerprint density at radius 1 is 1.20 bits per heavy atom. The summed E-state index contributed by atoms with van der Waals surface area (Å²) in [5.74, 6) is -0.842. The lowest BCUT2D eigenvalue weighted by Gasteiger charge is -2.32. The number of likely N-dealkylation sites (tertiary alicyclic amines) is 1. The van der Waals surface area contributed by atoms with Gasteiger partial charge in [0.15, 0.2) is 0 Å². The molecule has 1 unspecified atom stereocenters. The minimum absolute atomic E-state index is 0.0299. The number of aliphatic carboxylic acids is 1. The molecule has 2 aliphatic rings. The minimum atomic E-state index is -0.779. The van der Waals surface area contributed by atoms with Crippen molar-refractivity contribution in [2.75, 3.05) is 26.2 Å².